The number of quaternary nitrogens is 1. The van der Waals surface area contributed by atoms with Crippen molar-refractivity contribution >= 4 is 10.0 Å². The van der Waals surface area contributed by atoms with E-state index in [4.69, 9.17) is 0 Å². The van der Waals surface area contributed by atoms with Crippen molar-refractivity contribution in [3.05, 3.63) is 0 Å². The Morgan fingerprint density at radius 1 is 1.05 bits per heavy atom. The van der Waals surface area contributed by atoms with Gasteiger partial charge in [0, 0.05) is 19.5 Å². The molecule has 21 heavy (non-hydrogen) atoms. The van der Waals surface area contributed by atoms with Crippen molar-refractivity contribution in [3.8, 4) is 0 Å². The zero-order valence-electron chi connectivity index (χ0n) is 12.5. The van der Waals surface area contributed by atoms with Crippen molar-refractivity contribution in [2.24, 2.45) is 0 Å². The Labute approximate surface area is 122 Å². The summed E-state index contributed by atoms with van der Waals surface area (Å²) in [7, 11) is -2.05. The average molecular weight is 341 g/mol. The predicted molar refractivity (Wildman–Crippen MR) is 69.3 cm³/mol. The van der Waals surface area contributed by atoms with Gasteiger partial charge in [-0.25, -0.2) is 8.42 Å². The van der Waals surface area contributed by atoms with Crippen molar-refractivity contribution < 1.29 is 34.9 Å². The lowest BCUT2D eigenvalue weighted by Crippen LogP contribution is -2.52. The first-order chi connectivity index (χ1) is 9.23. The van der Waals surface area contributed by atoms with Crippen LogP contribution in [0.1, 0.15) is 20.3 Å². The fraction of sp³-hybridized carbons (Fsp3) is 1.00. The summed E-state index contributed by atoms with van der Waals surface area (Å²) in [6.45, 7) is 3.52. The van der Waals surface area contributed by atoms with Gasteiger partial charge >= 0.3 is 11.4 Å². The number of hydrogen-bond donors (Lipinski definition) is 0. The molecule has 10 heteroatoms. The van der Waals surface area contributed by atoms with Crippen LogP contribution in [0.4, 0.5) is 22.0 Å². The third-order valence-corrected chi connectivity index (χ3v) is 5.37. The highest BCUT2D eigenvalue weighted by Crippen LogP contribution is 2.41. The van der Waals surface area contributed by atoms with Crippen LogP contribution in [0.5, 0.6) is 0 Å². The number of rotatable bonds is 8. The molecule has 0 saturated carbocycles. The van der Waals surface area contributed by atoms with E-state index in [-0.39, 0.29) is 17.3 Å². The summed E-state index contributed by atoms with van der Waals surface area (Å²) in [6, 6.07) is 0. The molecule has 0 atom stereocenters. The summed E-state index contributed by atoms with van der Waals surface area (Å²) in [5.41, 5.74) is 0. The number of halogens is 5. The van der Waals surface area contributed by atoms with Gasteiger partial charge in [-0.05, 0) is 6.92 Å². The third kappa shape index (κ3) is 4.75. The standard InChI is InChI=1S/C11H22F5N2O2S/c1-5-17(8-7-9-18(3,4)6-2)21(19,20)11(15,16)10(12,13)14/h5-9H2,1-4H3/q+1. The monoisotopic (exact) mass is 341 g/mol. The second kappa shape index (κ2) is 6.74. The van der Waals surface area contributed by atoms with Crippen LogP contribution in [0.15, 0.2) is 0 Å². The predicted octanol–water partition coefficient (Wildman–Crippen LogP) is 2.28. The van der Waals surface area contributed by atoms with Crippen LogP contribution in [-0.4, -0.2) is 68.9 Å². The summed E-state index contributed by atoms with van der Waals surface area (Å²) in [4.78, 5) is 0. The molecule has 0 aromatic carbocycles. The third-order valence-electron chi connectivity index (χ3n) is 3.37. The van der Waals surface area contributed by atoms with Gasteiger partial charge in [0.05, 0.1) is 27.2 Å². The number of sulfonamides is 1. The molecule has 0 aliphatic heterocycles. The molecule has 0 N–H and O–H groups in total. The first-order valence-electron chi connectivity index (χ1n) is 6.49. The summed E-state index contributed by atoms with van der Waals surface area (Å²) < 4.78 is 86.7. The van der Waals surface area contributed by atoms with Gasteiger partial charge < -0.3 is 4.48 Å². The second-order valence-corrected chi connectivity index (χ2v) is 7.32. The zero-order valence-corrected chi connectivity index (χ0v) is 13.4. The molecule has 0 aromatic rings. The summed E-state index contributed by atoms with van der Waals surface area (Å²) in [5.74, 6) is 0. The van der Waals surface area contributed by atoms with Crippen LogP contribution >= 0.6 is 0 Å². The molecule has 0 amide bonds. The topological polar surface area (TPSA) is 37.4 Å². The van der Waals surface area contributed by atoms with Gasteiger partial charge in [-0.15, -0.1) is 0 Å². The summed E-state index contributed by atoms with van der Waals surface area (Å²) >= 11 is 0. The van der Waals surface area contributed by atoms with Gasteiger partial charge in [-0.3, -0.25) is 0 Å². The highest BCUT2D eigenvalue weighted by molar-refractivity contribution is 7.90. The molecule has 0 heterocycles. The van der Waals surface area contributed by atoms with Crippen LogP contribution < -0.4 is 0 Å². The average Bonchev–Trinajstić information content (AvgIpc) is 2.32. The van der Waals surface area contributed by atoms with E-state index in [1.54, 1.807) is 0 Å². The lowest BCUT2D eigenvalue weighted by Gasteiger charge is -2.30. The molecule has 0 aromatic heterocycles. The van der Waals surface area contributed by atoms with Crippen molar-refractivity contribution in [3.63, 3.8) is 0 Å². The first-order valence-corrected chi connectivity index (χ1v) is 7.93. The molecule has 0 aliphatic rings. The zero-order chi connectivity index (χ0) is 17.1. The molecule has 0 saturated heterocycles. The first kappa shape index (κ1) is 20.5. The Hall–Kier alpha value is -0.480. The highest BCUT2D eigenvalue weighted by Gasteiger charge is 2.68. The van der Waals surface area contributed by atoms with Gasteiger partial charge in [0.25, 0.3) is 10.0 Å². The Balaban J connectivity index is 5.04. The maximum atomic E-state index is 13.1. The normalized spacial score (nSPS) is 14.8. The molecule has 0 rings (SSSR count). The molecule has 4 nitrogen and oxygen atoms in total. The van der Waals surface area contributed by atoms with Crippen LogP contribution in [0, 0.1) is 0 Å². The Kier molecular flexibility index (Phi) is 6.58. The molecular formula is C11H22F5N2O2S+. The molecule has 0 aliphatic carbocycles. The SMILES string of the molecule is CCN(CCC[N+](C)(C)CC)S(=O)(=O)C(F)(F)C(F)(F)F. The van der Waals surface area contributed by atoms with E-state index in [9.17, 15) is 30.4 Å². The minimum absolute atomic E-state index is 0.191. The quantitative estimate of drug-likeness (QED) is 0.502. The number of nitrogens with zero attached hydrogens (tertiary/aromatic N) is 2. The van der Waals surface area contributed by atoms with Gasteiger partial charge in [-0.1, -0.05) is 6.92 Å². The lowest BCUT2D eigenvalue weighted by molar-refractivity contribution is -0.888. The molecule has 0 unspecified atom stereocenters. The van der Waals surface area contributed by atoms with E-state index < -0.39 is 28.0 Å². The van der Waals surface area contributed by atoms with Gasteiger partial charge in [0.2, 0.25) is 0 Å². The fourth-order valence-corrected chi connectivity index (χ4v) is 2.92. The van der Waals surface area contributed by atoms with Crippen molar-refractivity contribution in [1.82, 2.24) is 4.31 Å². The van der Waals surface area contributed by atoms with E-state index in [0.717, 1.165) is 6.54 Å². The van der Waals surface area contributed by atoms with Crippen LogP contribution in [0.3, 0.4) is 0 Å². The van der Waals surface area contributed by atoms with Crippen molar-refractivity contribution in [2.75, 3.05) is 40.3 Å². The van der Waals surface area contributed by atoms with E-state index >= 15 is 0 Å². The van der Waals surface area contributed by atoms with Gasteiger partial charge in [0.15, 0.2) is 0 Å². The minimum atomic E-state index is -6.13. The lowest BCUT2D eigenvalue weighted by atomic mass is 10.3. The molecule has 0 fully saturated rings. The molecule has 0 bridgehead atoms. The van der Waals surface area contributed by atoms with Crippen LogP contribution in [0.2, 0.25) is 0 Å². The van der Waals surface area contributed by atoms with Crippen LogP contribution in [-0.2, 0) is 10.0 Å². The maximum Gasteiger partial charge on any atom is 0.470 e. The van der Waals surface area contributed by atoms with Crippen molar-refractivity contribution in [1.29, 1.82) is 0 Å². The van der Waals surface area contributed by atoms with E-state index in [2.05, 4.69) is 0 Å². The number of alkyl halides is 5. The molecule has 128 valence electrons. The Bertz CT molecular complexity index is 434. The van der Waals surface area contributed by atoms with Gasteiger partial charge in [-0.2, -0.15) is 26.3 Å². The van der Waals surface area contributed by atoms with E-state index in [0.29, 0.717) is 11.0 Å². The van der Waals surface area contributed by atoms with E-state index in [1.165, 1.54) is 6.92 Å². The maximum absolute atomic E-state index is 13.1. The molecule has 0 spiro atoms. The number of hydrogen-bond acceptors (Lipinski definition) is 2. The van der Waals surface area contributed by atoms with Crippen molar-refractivity contribution in [2.45, 2.75) is 31.7 Å². The highest BCUT2D eigenvalue weighted by atomic mass is 32.2. The summed E-state index contributed by atoms with van der Waals surface area (Å²) in [6.07, 6.45) is -5.93. The Morgan fingerprint density at radius 3 is 1.86 bits per heavy atom. The summed E-state index contributed by atoms with van der Waals surface area (Å²) in [5, 5.41) is -5.77. The second-order valence-electron chi connectivity index (χ2n) is 5.34. The van der Waals surface area contributed by atoms with Crippen LogP contribution in [0.25, 0.3) is 0 Å². The fourth-order valence-electron chi connectivity index (χ4n) is 1.59. The molecular weight excluding hydrogens is 319 g/mol. The minimum Gasteiger partial charge on any atom is -0.329 e. The molecule has 0 radical (unpaired) electrons. The largest absolute Gasteiger partial charge is 0.470 e. The van der Waals surface area contributed by atoms with Gasteiger partial charge in [0.1, 0.15) is 0 Å². The Morgan fingerprint density at radius 2 is 1.52 bits per heavy atom. The smallest absolute Gasteiger partial charge is 0.329 e. The van der Waals surface area contributed by atoms with E-state index in [1.807, 2.05) is 21.0 Å².